The van der Waals surface area contributed by atoms with Crippen LogP contribution in [0.3, 0.4) is 0 Å². The summed E-state index contributed by atoms with van der Waals surface area (Å²) in [6.45, 7) is 4.66. The molecule has 3 nitrogen and oxygen atoms in total. The highest BCUT2D eigenvalue weighted by atomic mass is 32.2. The van der Waals surface area contributed by atoms with Gasteiger partial charge >= 0.3 is 0 Å². The zero-order valence-corrected chi connectivity index (χ0v) is 9.50. The number of aromatic nitrogens is 2. The Labute approximate surface area is 85.6 Å². The molecule has 1 atom stereocenters. The molecule has 5 heteroatoms. The summed E-state index contributed by atoms with van der Waals surface area (Å²) in [7, 11) is -0.709. The van der Waals surface area contributed by atoms with E-state index in [0.717, 1.165) is 18.0 Å². The number of imidazole rings is 1. The van der Waals surface area contributed by atoms with Crippen molar-refractivity contribution in [1.82, 2.24) is 9.55 Å². The van der Waals surface area contributed by atoms with Gasteiger partial charge in [-0.05, 0) is 19.1 Å². The average molecular weight is 218 g/mol. The van der Waals surface area contributed by atoms with Crippen molar-refractivity contribution in [3.63, 3.8) is 0 Å². The molecule has 13 heavy (non-hydrogen) atoms. The average Bonchev–Trinajstić information content (AvgIpc) is 2.43. The smallest absolute Gasteiger partial charge is 0.177 e. The first-order valence-corrected chi connectivity index (χ1v) is 6.14. The summed E-state index contributed by atoms with van der Waals surface area (Å²) < 4.78 is 13.9. The second kappa shape index (κ2) is 4.72. The molecule has 0 fully saturated rings. The maximum atomic E-state index is 11.2. The molecule has 1 N–H and O–H groups in total. The molecule has 74 valence electrons. The molecule has 1 aromatic heterocycles. The second-order valence-corrected chi connectivity index (χ2v) is 5.07. The lowest BCUT2D eigenvalue weighted by Crippen LogP contribution is -2.09. The molecule has 0 saturated heterocycles. The summed E-state index contributed by atoms with van der Waals surface area (Å²) in [5.41, 5.74) is 1.10. The number of rotatable bonds is 4. The van der Waals surface area contributed by atoms with Crippen molar-refractivity contribution in [2.45, 2.75) is 20.4 Å². The lowest BCUT2D eigenvalue weighted by molar-refractivity contribution is 0.670. The number of nitrogens with one attached hydrogen (secondary N) is 1. The molecule has 0 aliphatic rings. The Hall–Kier alpha value is -0.420. The van der Waals surface area contributed by atoms with Crippen LogP contribution in [0.1, 0.15) is 12.6 Å². The van der Waals surface area contributed by atoms with Crippen molar-refractivity contribution in [2.24, 2.45) is 0 Å². The molecule has 0 aromatic carbocycles. The zero-order valence-electron chi connectivity index (χ0n) is 7.87. The van der Waals surface area contributed by atoms with Crippen LogP contribution in [0, 0.1) is 11.7 Å². The van der Waals surface area contributed by atoms with Gasteiger partial charge < -0.3 is 9.55 Å². The first kappa shape index (κ1) is 10.7. The monoisotopic (exact) mass is 218 g/mol. The van der Waals surface area contributed by atoms with Gasteiger partial charge in [0.05, 0.1) is 0 Å². The molecule has 0 aliphatic heterocycles. The Bertz CT molecular complexity index is 353. The summed E-state index contributed by atoms with van der Waals surface area (Å²) in [6, 6.07) is 0. The van der Waals surface area contributed by atoms with Crippen LogP contribution < -0.4 is 0 Å². The quantitative estimate of drug-likeness (QED) is 0.780. The van der Waals surface area contributed by atoms with Gasteiger partial charge in [0.25, 0.3) is 0 Å². The Morgan fingerprint density at radius 2 is 2.38 bits per heavy atom. The van der Waals surface area contributed by atoms with Gasteiger partial charge in [-0.2, -0.15) is 0 Å². The van der Waals surface area contributed by atoms with E-state index in [2.05, 4.69) is 4.98 Å². The molecule has 0 amide bonds. The molecule has 1 heterocycles. The lowest BCUT2D eigenvalue weighted by atomic mass is 10.5. The molecule has 0 spiro atoms. The fourth-order valence-electron chi connectivity index (χ4n) is 1.10. The Balaban J connectivity index is 2.64. The maximum absolute atomic E-state index is 11.2. The Morgan fingerprint density at radius 1 is 1.69 bits per heavy atom. The topological polar surface area (TPSA) is 37.8 Å². The Morgan fingerprint density at radius 3 is 2.85 bits per heavy atom. The van der Waals surface area contributed by atoms with E-state index >= 15 is 0 Å². The van der Waals surface area contributed by atoms with E-state index in [9.17, 15) is 4.21 Å². The number of hydrogen-bond acceptors (Lipinski definition) is 2. The first-order valence-electron chi connectivity index (χ1n) is 4.25. The molecule has 0 bridgehead atoms. The molecule has 0 radical (unpaired) electrons. The van der Waals surface area contributed by atoms with Crippen LogP contribution in [0.2, 0.25) is 0 Å². The summed E-state index contributed by atoms with van der Waals surface area (Å²) >= 11 is 5.07. The molecule has 1 aromatic rings. The van der Waals surface area contributed by atoms with Crippen LogP contribution in [0.25, 0.3) is 0 Å². The third-order valence-electron chi connectivity index (χ3n) is 1.94. The van der Waals surface area contributed by atoms with Gasteiger partial charge in [0.1, 0.15) is 0 Å². The normalized spacial score (nSPS) is 13.1. The molecule has 1 unspecified atom stereocenters. The van der Waals surface area contributed by atoms with Crippen LogP contribution in [0.4, 0.5) is 0 Å². The largest absolute Gasteiger partial charge is 0.337 e. The first-order chi connectivity index (χ1) is 6.15. The molecule has 0 saturated carbocycles. The summed E-state index contributed by atoms with van der Waals surface area (Å²) in [5, 5.41) is 0. The van der Waals surface area contributed by atoms with Crippen molar-refractivity contribution in [1.29, 1.82) is 0 Å². The van der Waals surface area contributed by atoms with Crippen LogP contribution in [0.5, 0.6) is 0 Å². The fraction of sp³-hybridized carbons (Fsp3) is 0.625. The minimum atomic E-state index is -0.709. The highest BCUT2D eigenvalue weighted by Crippen LogP contribution is 1.99. The maximum Gasteiger partial charge on any atom is 0.177 e. The number of aromatic amines is 1. The van der Waals surface area contributed by atoms with Crippen LogP contribution in [0.15, 0.2) is 6.20 Å². The van der Waals surface area contributed by atoms with Crippen molar-refractivity contribution in [3.8, 4) is 0 Å². The molecule has 0 aliphatic carbocycles. The number of aryl methyl sites for hydroxylation is 1. The van der Waals surface area contributed by atoms with E-state index < -0.39 is 10.8 Å². The standard InChI is InChI=1S/C8H14N2OS2/c1-3-13(11)5-4-10-7(2)6-9-8(10)12/h6H,3-5H2,1-2H3,(H,9,12). The van der Waals surface area contributed by atoms with Crippen LogP contribution in [-0.4, -0.2) is 25.3 Å². The Kier molecular flexibility index (Phi) is 3.87. The number of H-pyrrole nitrogens is 1. The molecular weight excluding hydrogens is 204 g/mol. The molecule has 1 rings (SSSR count). The highest BCUT2D eigenvalue weighted by molar-refractivity contribution is 7.84. The van der Waals surface area contributed by atoms with Gasteiger partial charge in [0.15, 0.2) is 4.77 Å². The minimum Gasteiger partial charge on any atom is -0.337 e. The van der Waals surface area contributed by atoms with E-state index in [1.54, 1.807) is 0 Å². The second-order valence-electron chi connectivity index (χ2n) is 2.82. The van der Waals surface area contributed by atoms with E-state index in [1.807, 2.05) is 24.6 Å². The minimum absolute atomic E-state index is 0.684. The van der Waals surface area contributed by atoms with E-state index in [4.69, 9.17) is 12.2 Å². The predicted octanol–water partition coefficient (Wildman–Crippen LogP) is 1.62. The third-order valence-corrected chi connectivity index (χ3v) is 3.56. The highest BCUT2D eigenvalue weighted by Gasteiger charge is 2.01. The number of hydrogen-bond donors (Lipinski definition) is 1. The fourth-order valence-corrected chi connectivity index (χ4v) is 2.07. The predicted molar refractivity (Wildman–Crippen MR) is 57.9 cm³/mol. The van der Waals surface area contributed by atoms with E-state index in [0.29, 0.717) is 10.5 Å². The van der Waals surface area contributed by atoms with Gasteiger partial charge in [0.2, 0.25) is 0 Å². The van der Waals surface area contributed by atoms with Gasteiger partial charge in [-0.3, -0.25) is 4.21 Å². The van der Waals surface area contributed by atoms with Crippen molar-refractivity contribution in [2.75, 3.05) is 11.5 Å². The van der Waals surface area contributed by atoms with Crippen LogP contribution in [-0.2, 0) is 17.3 Å². The van der Waals surface area contributed by atoms with Gasteiger partial charge in [-0.25, -0.2) is 0 Å². The van der Waals surface area contributed by atoms with Crippen LogP contribution >= 0.6 is 12.2 Å². The summed E-state index contributed by atoms with van der Waals surface area (Å²) in [4.78, 5) is 2.96. The third kappa shape index (κ3) is 2.77. The van der Waals surface area contributed by atoms with Crippen molar-refractivity contribution in [3.05, 3.63) is 16.7 Å². The summed E-state index contributed by atoms with van der Waals surface area (Å²) in [6.07, 6.45) is 1.87. The van der Waals surface area contributed by atoms with Gasteiger partial charge in [-0.15, -0.1) is 0 Å². The van der Waals surface area contributed by atoms with E-state index in [1.165, 1.54) is 0 Å². The van der Waals surface area contributed by atoms with E-state index in [-0.39, 0.29) is 0 Å². The van der Waals surface area contributed by atoms with Crippen molar-refractivity contribution < 1.29 is 4.21 Å². The number of nitrogens with zero attached hydrogens (tertiary/aromatic N) is 1. The van der Waals surface area contributed by atoms with Gasteiger partial charge in [0, 0.05) is 40.7 Å². The van der Waals surface area contributed by atoms with Crippen molar-refractivity contribution >= 4 is 23.0 Å². The SMILES string of the molecule is CCS(=O)CCn1c(C)c[nH]c1=S. The zero-order chi connectivity index (χ0) is 9.84. The van der Waals surface area contributed by atoms with Gasteiger partial charge in [-0.1, -0.05) is 6.92 Å². The summed E-state index contributed by atoms with van der Waals surface area (Å²) in [5.74, 6) is 1.40. The lowest BCUT2D eigenvalue weighted by Gasteiger charge is -2.03. The molecular formula is C8H14N2OS2.